The third-order valence-corrected chi connectivity index (χ3v) is 3.93. The number of carbonyl (C=O) groups excluding carboxylic acids is 1. The average Bonchev–Trinajstić information content (AvgIpc) is 2.97. The monoisotopic (exact) mass is 285 g/mol. The van der Waals surface area contributed by atoms with E-state index in [4.69, 9.17) is 4.42 Å². The lowest BCUT2D eigenvalue weighted by atomic mass is 9.89. The molecule has 0 atom stereocenters. The lowest BCUT2D eigenvalue weighted by Gasteiger charge is -2.17. The highest BCUT2D eigenvalue weighted by Crippen LogP contribution is 2.32. The maximum absolute atomic E-state index is 12.1. The second kappa shape index (κ2) is 6.08. The molecule has 1 aromatic heterocycles. The van der Waals surface area contributed by atoms with Gasteiger partial charge in [0, 0.05) is 11.5 Å². The van der Waals surface area contributed by atoms with Gasteiger partial charge >= 0.3 is 6.01 Å². The first-order valence-corrected chi connectivity index (χ1v) is 7.44. The van der Waals surface area contributed by atoms with Crippen LogP contribution in [-0.4, -0.2) is 16.1 Å². The van der Waals surface area contributed by atoms with E-state index < -0.39 is 0 Å². The highest BCUT2D eigenvalue weighted by atomic mass is 16.4. The third-order valence-electron chi connectivity index (χ3n) is 3.93. The molecular weight excluding hydrogens is 266 g/mol. The normalized spacial score (nSPS) is 15.9. The average molecular weight is 285 g/mol. The Kier molecular flexibility index (Phi) is 3.99. The van der Waals surface area contributed by atoms with Gasteiger partial charge < -0.3 is 4.42 Å². The molecule has 1 aromatic carbocycles. The number of nitrogens with zero attached hydrogens (tertiary/aromatic N) is 2. The number of hydrogen-bond acceptors (Lipinski definition) is 4. The minimum Gasteiger partial charge on any atom is -0.408 e. The van der Waals surface area contributed by atoms with E-state index in [1.165, 1.54) is 19.3 Å². The van der Waals surface area contributed by atoms with Gasteiger partial charge in [-0.2, -0.15) is 0 Å². The number of carbonyl (C=O) groups is 1. The smallest absolute Gasteiger partial charge is 0.322 e. The van der Waals surface area contributed by atoms with Crippen molar-refractivity contribution in [3.63, 3.8) is 0 Å². The summed E-state index contributed by atoms with van der Waals surface area (Å²) in [6, 6.07) is 7.54. The van der Waals surface area contributed by atoms with Crippen LogP contribution >= 0.6 is 0 Å². The van der Waals surface area contributed by atoms with E-state index >= 15 is 0 Å². The Hall–Kier alpha value is -2.17. The zero-order valence-corrected chi connectivity index (χ0v) is 12.1. The molecule has 0 spiro atoms. The van der Waals surface area contributed by atoms with E-state index in [1.54, 1.807) is 12.1 Å². The molecule has 5 nitrogen and oxygen atoms in total. The molecule has 0 bridgehead atoms. The standard InChI is InChI=1S/C16H19N3O2/c1-11-7-9-12(10-8-11)14(20)17-16-19-18-15(21-16)13-5-3-2-4-6-13/h7-10,13H,2-6H2,1H3,(H,17,19,20). The Morgan fingerprint density at radius 3 is 2.57 bits per heavy atom. The van der Waals surface area contributed by atoms with E-state index in [-0.39, 0.29) is 11.9 Å². The van der Waals surface area contributed by atoms with Crippen molar-refractivity contribution >= 4 is 11.9 Å². The molecule has 0 saturated heterocycles. The predicted molar refractivity (Wildman–Crippen MR) is 79.3 cm³/mol. The summed E-state index contributed by atoms with van der Waals surface area (Å²) in [7, 11) is 0. The molecule has 0 aliphatic heterocycles. The maximum atomic E-state index is 12.1. The van der Waals surface area contributed by atoms with Crippen molar-refractivity contribution in [2.24, 2.45) is 0 Å². The second-order valence-electron chi connectivity index (χ2n) is 5.60. The van der Waals surface area contributed by atoms with Crippen LogP contribution in [0.1, 0.15) is 59.8 Å². The molecule has 2 aromatic rings. The lowest BCUT2D eigenvalue weighted by Crippen LogP contribution is -2.12. The van der Waals surface area contributed by atoms with Crippen molar-refractivity contribution in [3.8, 4) is 0 Å². The summed E-state index contributed by atoms with van der Waals surface area (Å²) in [5, 5.41) is 10.7. The molecule has 1 N–H and O–H groups in total. The number of nitrogens with one attached hydrogen (secondary N) is 1. The van der Waals surface area contributed by atoms with Crippen molar-refractivity contribution < 1.29 is 9.21 Å². The van der Waals surface area contributed by atoms with E-state index in [0.29, 0.717) is 17.4 Å². The molecule has 1 aliphatic carbocycles. The quantitative estimate of drug-likeness (QED) is 0.934. The van der Waals surface area contributed by atoms with Crippen molar-refractivity contribution in [2.45, 2.75) is 44.9 Å². The minimum atomic E-state index is -0.228. The Morgan fingerprint density at radius 2 is 1.86 bits per heavy atom. The van der Waals surface area contributed by atoms with Crippen LogP contribution in [0.5, 0.6) is 0 Å². The van der Waals surface area contributed by atoms with Crippen LogP contribution in [-0.2, 0) is 0 Å². The first kappa shape index (κ1) is 13.8. The highest BCUT2D eigenvalue weighted by Gasteiger charge is 2.21. The van der Waals surface area contributed by atoms with Crippen LogP contribution in [0, 0.1) is 6.92 Å². The maximum Gasteiger partial charge on any atom is 0.322 e. The Morgan fingerprint density at radius 1 is 1.14 bits per heavy atom. The second-order valence-corrected chi connectivity index (χ2v) is 5.60. The SMILES string of the molecule is Cc1ccc(C(=O)Nc2nnc(C3CCCCC3)o2)cc1. The van der Waals surface area contributed by atoms with Crippen molar-refractivity contribution in [2.75, 3.05) is 5.32 Å². The van der Waals surface area contributed by atoms with Gasteiger partial charge in [0.05, 0.1) is 0 Å². The lowest BCUT2D eigenvalue weighted by molar-refractivity contribution is 0.102. The topological polar surface area (TPSA) is 68.0 Å². The molecule has 1 fully saturated rings. The van der Waals surface area contributed by atoms with E-state index in [1.807, 2.05) is 19.1 Å². The summed E-state index contributed by atoms with van der Waals surface area (Å²) in [6.07, 6.45) is 5.87. The number of aromatic nitrogens is 2. The molecule has 1 saturated carbocycles. The van der Waals surface area contributed by atoms with Crippen LogP contribution in [0.4, 0.5) is 6.01 Å². The molecule has 1 heterocycles. The number of anilines is 1. The van der Waals surface area contributed by atoms with E-state index in [0.717, 1.165) is 18.4 Å². The van der Waals surface area contributed by atoms with E-state index in [9.17, 15) is 4.79 Å². The fraction of sp³-hybridized carbons (Fsp3) is 0.438. The first-order valence-electron chi connectivity index (χ1n) is 7.44. The zero-order chi connectivity index (χ0) is 14.7. The van der Waals surface area contributed by atoms with Crippen LogP contribution in [0.2, 0.25) is 0 Å². The van der Waals surface area contributed by atoms with Crippen molar-refractivity contribution in [3.05, 3.63) is 41.3 Å². The Balaban J connectivity index is 1.66. The van der Waals surface area contributed by atoms with Gasteiger partial charge in [0.15, 0.2) is 0 Å². The van der Waals surface area contributed by atoms with Crippen LogP contribution in [0.3, 0.4) is 0 Å². The minimum absolute atomic E-state index is 0.182. The van der Waals surface area contributed by atoms with Gasteiger partial charge in [-0.1, -0.05) is 42.1 Å². The van der Waals surface area contributed by atoms with Gasteiger partial charge in [-0.15, -0.1) is 5.10 Å². The summed E-state index contributed by atoms with van der Waals surface area (Å²) in [4.78, 5) is 12.1. The number of hydrogen-bond donors (Lipinski definition) is 1. The molecule has 1 aliphatic rings. The van der Waals surface area contributed by atoms with Crippen LogP contribution < -0.4 is 5.32 Å². The number of amides is 1. The number of aryl methyl sites for hydroxylation is 1. The molecule has 0 unspecified atom stereocenters. The zero-order valence-electron chi connectivity index (χ0n) is 12.1. The van der Waals surface area contributed by atoms with Crippen molar-refractivity contribution in [1.82, 2.24) is 10.2 Å². The van der Waals surface area contributed by atoms with Crippen LogP contribution in [0.25, 0.3) is 0 Å². The number of benzene rings is 1. The summed E-state index contributed by atoms with van der Waals surface area (Å²) < 4.78 is 5.58. The Bertz CT molecular complexity index is 613. The fourth-order valence-electron chi connectivity index (χ4n) is 2.67. The van der Waals surface area contributed by atoms with Gasteiger partial charge in [0.2, 0.25) is 5.89 Å². The van der Waals surface area contributed by atoms with Crippen LogP contribution in [0.15, 0.2) is 28.7 Å². The van der Waals surface area contributed by atoms with Gasteiger partial charge in [-0.3, -0.25) is 10.1 Å². The van der Waals surface area contributed by atoms with Gasteiger partial charge in [-0.25, -0.2) is 0 Å². The molecule has 21 heavy (non-hydrogen) atoms. The summed E-state index contributed by atoms with van der Waals surface area (Å²) >= 11 is 0. The van der Waals surface area contributed by atoms with E-state index in [2.05, 4.69) is 15.5 Å². The van der Waals surface area contributed by atoms with Crippen molar-refractivity contribution in [1.29, 1.82) is 0 Å². The van der Waals surface area contributed by atoms with Gasteiger partial charge in [0.1, 0.15) is 0 Å². The predicted octanol–water partition coefficient (Wildman–Crippen LogP) is 3.68. The van der Waals surface area contributed by atoms with Gasteiger partial charge in [0.25, 0.3) is 5.91 Å². The highest BCUT2D eigenvalue weighted by molar-refractivity contribution is 6.03. The summed E-state index contributed by atoms with van der Waals surface area (Å²) in [6.45, 7) is 1.98. The summed E-state index contributed by atoms with van der Waals surface area (Å²) in [5.41, 5.74) is 1.70. The molecule has 3 rings (SSSR count). The number of rotatable bonds is 3. The fourth-order valence-corrected chi connectivity index (χ4v) is 2.67. The largest absolute Gasteiger partial charge is 0.408 e. The summed E-state index contributed by atoms with van der Waals surface area (Å²) in [5.74, 6) is 0.763. The Labute approximate surface area is 123 Å². The molecule has 0 radical (unpaired) electrons. The molecule has 110 valence electrons. The molecular formula is C16H19N3O2. The first-order chi connectivity index (χ1) is 10.2. The third kappa shape index (κ3) is 3.29. The van der Waals surface area contributed by atoms with Gasteiger partial charge in [-0.05, 0) is 31.9 Å². The molecule has 1 amide bonds. The molecule has 5 heteroatoms.